The first-order valence-electron chi connectivity index (χ1n) is 18.2. The van der Waals surface area contributed by atoms with Crippen molar-refractivity contribution in [3.8, 4) is 22.5 Å². The van der Waals surface area contributed by atoms with Crippen LogP contribution in [0.15, 0.2) is 186 Å². The third-order valence-electron chi connectivity index (χ3n) is 11.3. The van der Waals surface area contributed by atoms with E-state index in [0.29, 0.717) is 0 Å². The number of hydrogen-bond donors (Lipinski definition) is 0. The Bertz CT molecular complexity index is 3430. The van der Waals surface area contributed by atoms with Gasteiger partial charge in [-0.15, -0.1) is 0 Å². The van der Waals surface area contributed by atoms with Gasteiger partial charge in [0.1, 0.15) is 11.2 Å². The number of benzene rings is 9. The summed E-state index contributed by atoms with van der Waals surface area (Å²) in [4.78, 5) is 0. The maximum absolute atomic E-state index is 6.40. The third kappa shape index (κ3) is 3.94. The number of para-hydroxylation sites is 5. The molecule has 0 saturated carbocycles. The summed E-state index contributed by atoms with van der Waals surface area (Å²) in [7, 11) is 0. The van der Waals surface area contributed by atoms with Crippen LogP contribution in [0.4, 0.5) is 0 Å². The molecule has 0 N–H and O–H groups in total. The summed E-state index contributed by atoms with van der Waals surface area (Å²) in [5.74, 6) is 0. The molecule has 0 atom stereocenters. The van der Waals surface area contributed by atoms with Crippen LogP contribution in [-0.2, 0) is 0 Å². The highest BCUT2D eigenvalue weighted by molar-refractivity contribution is 6.31. The second-order valence-electron chi connectivity index (χ2n) is 14.0. The number of furan rings is 1. The number of rotatable bonds is 3. The fourth-order valence-corrected chi connectivity index (χ4v) is 9.03. The molecule has 53 heavy (non-hydrogen) atoms. The molecule has 0 amide bonds. The summed E-state index contributed by atoms with van der Waals surface area (Å²) in [6, 6.07) is 65.9. The Morgan fingerprint density at radius 3 is 1.79 bits per heavy atom. The predicted molar refractivity (Wildman–Crippen MR) is 223 cm³/mol. The van der Waals surface area contributed by atoms with Gasteiger partial charge in [0.05, 0.1) is 22.1 Å². The highest BCUT2D eigenvalue weighted by atomic mass is 16.3. The normalized spacial score (nSPS) is 12.2. The molecule has 0 bridgehead atoms. The van der Waals surface area contributed by atoms with Crippen molar-refractivity contribution in [2.75, 3.05) is 0 Å². The molecule has 3 heteroatoms. The summed E-state index contributed by atoms with van der Waals surface area (Å²) < 4.78 is 11.3. The Kier molecular flexibility index (Phi) is 5.77. The van der Waals surface area contributed by atoms with Gasteiger partial charge in [-0.2, -0.15) is 0 Å². The van der Waals surface area contributed by atoms with E-state index in [0.717, 1.165) is 38.8 Å². The lowest BCUT2D eigenvalue weighted by atomic mass is 9.96. The van der Waals surface area contributed by atoms with Gasteiger partial charge >= 0.3 is 0 Å². The molecule has 0 radical (unpaired) electrons. The van der Waals surface area contributed by atoms with E-state index in [1.54, 1.807) is 0 Å². The van der Waals surface area contributed by atoms with Crippen molar-refractivity contribution in [2.24, 2.45) is 0 Å². The Morgan fingerprint density at radius 1 is 0.340 bits per heavy atom. The maximum Gasteiger partial charge on any atom is 0.143 e. The van der Waals surface area contributed by atoms with Crippen molar-refractivity contribution in [3.63, 3.8) is 0 Å². The smallest absolute Gasteiger partial charge is 0.143 e. The average Bonchev–Trinajstić information content (AvgIpc) is 3.89. The molecule has 0 spiro atoms. The van der Waals surface area contributed by atoms with Gasteiger partial charge in [-0.25, -0.2) is 0 Å². The molecule has 3 heterocycles. The SMILES string of the molecule is c1ccc(-n2c3ccccc3c3ccc4ccc5c(ccc6c5c5ccccc5n6-c5ccc(-c6cccc7c6oc6ccccc67)cc5)c4c32)cc1. The summed E-state index contributed by atoms with van der Waals surface area (Å²) in [5.41, 5.74) is 11.2. The maximum atomic E-state index is 6.40. The Balaban J connectivity index is 1.11. The summed E-state index contributed by atoms with van der Waals surface area (Å²) in [6.45, 7) is 0. The van der Waals surface area contributed by atoms with E-state index in [4.69, 9.17) is 4.42 Å². The molecular weight excluding hydrogens is 645 g/mol. The van der Waals surface area contributed by atoms with E-state index in [1.165, 1.54) is 70.8 Å². The van der Waals surface area contributed by atoms with Crippen LogP contribution in [0.1, 0.15) is 0 Å². The average molecular weight is 675 g/mol. The molecule has 12 aromatic rings. The van der Waals surface area contributed by atoms with E-state index in [2.05, 4.69) is 179 Å². The zero-order valence-electron chi connectivity index (χ0n) is 28.6. The molecule has 0 fully saturated rings. The van der Waals surface area contributed by atoms with Gasteiger partial charge in [-0.3, -0.25) is 0 Å². The summed E-state index contributed by atoms with van der Waals surface area (Å²) >= 11 is 0. The molecule has 246 valence electrons. The molecule has 3 nitrogen and oxygen atoms in total. The second-order valence-corrected chi connectivity index (χ2v) is 14.0. The van der Waals surface area contributed by atoms with Crippen molar-refractivity contribution in [2.45, 2.75) is 0 Å². The zero-order chi connectivity index (χ0) is 34.6. The first-order chi connectivity index (χ1) is 26.3. The summed E-state index contributed by atoms with van der Waals surface area (Å²) in [5, 5.41) is 12.4. The van der Waals surface area contributed by atoms with Gasteiger partial charge in [0.25, 0.3) is 0 Å². The van der Waals surface area contributed by atoms with E-state index in [1.807, 2.05) is 12.1 Å². The van der Waals surface area contributed by atoms with Crippen LogP contribution in [0.25, 0.3) is 110 Å². The Morgan fingerprint density at radius 2 is 0.962 bits per heavy atom. The topological polar surface area (TPSA) is 23.0 Å². The Labute approximate surface area is 304 Å². The van der Waals surface area contributed by atoms with Crippen LogP contribution in [0.2, 0.25) is 0 Å². The largest absolute Gasteiger partial charge is 0.455 e. The number of hydrogen-bond acceptors (Lipinski definition) is 1. The number of nitrogens with zero attached hydrogens (tertiary/aromatic N) is 2. The van der Waals surface area contributed by atoms with Gasteiger partial charge in [0, 0.05) is 54.6 Å². The molecule has 0 aliphatic carbocycles. The van der Waals surface area contributed by atoms with E-state index in [9.17, 15) is 0 Å². The van der Waals surface area contributed by atoms with Crippen LogP contribution in [0.3, 0.4) is 0 Å². The highest BCUT2D eigenvalue weighted by Gasteiger charge is 2.20. The van der Waals surface area contributed by atoms with Crippen LogP contribution in [0.5, 0.6) is 0 Å². The van der Waals surface area contributed by atoms with Gasteiger partial charge in [-0.1, -0.05) is 133 Å². The predicted octanol–water partition coefficient (Wildman–Crippen LogP) is 13.8. The fraction of sp³-hybridized carbons (Fsp3) is 0. The minimum Gasteiger partial charge on any atom is -0.455 e. The molecule has 0 saturated heterocycles. The molecule has 3 aromatic heterocycles. The fourth-order valence-electron chi connectivity index (χ4n) is 9.03. The van der Waals surface area contributed by atoms with Crippen molar-refractivity contribution in [1.82, 2.24) is 9.13 Å². The highest BCUT2D eigenvalue weighted by Crippen LogP contribution is 2.44. The second kappa shape index (κ2) is 10.7. The van der Waals surface area contributed by atoms with Crippen LogP contribution in [-0.4, -0.2) is 9.13 Å². The lowest BCUT2D eigenvalue weighted by molar-refractivity contribution is 0.670. The molecule has 0 aliphatic rings. The lowest BCUT2D eigenvalue weighted by Gasteiger charge is -2.13. The van der Waals surface area contributed by atoms with Crippen molar-refractivity contribution in [1.29, 1.82) is 0 Å². The van der Waals surface area contributed by atoms with E-state index < -0.39 is 0 Å². The minimum atomic E-state index is 0.916. The van der Waals surface area contributed by atoms with Crippen LogP contribution >= 0.6 is 0 Å². The molecule has 0 aliphatic heterocycles. The van der Waals surface area contributed by atoms with Gasteiger partial charge in [0.2, 0.25) is 0 Å². The zero-order valence-corrected chi connectivity index (χ0v) is 28.6. The van der Waals surface area contributed by atoms with Crippen LogP contribution < -0.4 is 0 Å². The molecule has 0 unspecified atom stereocenters. The van der Waals surface area contributed by atoms with E-state index >= 15 is 0 Å². The minimum absolute atomic E-state index is 0.916. The molecule has 9 aromatic carbocycles. The first kappa shape index (κ1) is 28.6. The van der Waals surface area contributed by atoms with Crippen molar-refractivity contribution in [3.05, 3.63) is 182 Å². The third-order valence-corrected chi connectivity index (χ3v) is 11.3. The number of aromatic nitrogens is 2. The Hall–Kier alpha value is -7.10. The van der Waals surface area contributed by atoms with Crippen molar-refractivity contribution < 1.29 is 4.42 Å². The summed E-state index contributed by atoms with van der Waals surface area (Å²) in [6.07, 6.45) is 0. The monoisotopic (exact) mass is 674 g/mol. The van der Waals surface area contributed by atoms with Gasteiger partial charge in [0.15, 0.2) is 0 Å². The van der Waals surface area contributed by atoms with Crippen molar-refractivity contribution >= 4 is 87.1 Å². The first-order valence-corrected chi connectivity index (χ1v) is 18.2. The quantitative estimate of drug-likeness (QED) is 0.171. The standard InChI is InChI=1S/C50H30N2O/c1-2-11-33(12-3-1)52-43-18-7-4-13-36(43)40-28-24-32-23-27-39-38(47(32)49(40)52)29-30-45-48(39)42-15-5-8-19-44(42)51(45)34-25-21-31(22-26-34)35-16-10-17-41-37-14-6-9-20-46(37)53-50(35)41/h1-30H. The van der Waals surface area contributed by atoms with E-state index in [-0.39, 0.29) is 0 Å². The van der Waals surface area contributed by atoms with Gasteiger partial charge in [-0.05, 0) is 70.3 Å². The lowest BCUT2D eigenvalue weighted by Crippen LogP contribution is -1.95. The molecular formula is C50H30N2O. The number of fused-ring (bicyclic) bond motifs is 14. The molecule has 12 rings (SSSR count). The van der Waals surface area contributed by atoms with Gasteiger partial charge < -0.3 is 13.6 Å². The van der Waals surface area contributed by atoms with Crippen LogP contribution in [0, 0.1) is 0 Å².